The zero-order chi connectivity index (χ0) is 14.0. The van der Waals surface area contributed by atoms with Crippen LogP contribution in [0.1, 0.15) is 6.42 Å². The predicted molar refractivity (Wildman–Crippen MR) is 56.7 cm³/mol. The van der Waals surface area contributed by atoms with Crippen molar-refractivity contribution in [1.82, 2.24) is 4.90 Å². The van der Waals surface area contributed by atoms with Crippen LogP contribution < -0.4 is 0 Å². The Kier molecular flexibility index (Phi) is 4.60. The maximum absolute atomic E-state index is 12.4. The van der Waals surface area contributed by atoms with Crippen LogP contribution in [0, 0.1) is 0 Å². The Hall–Kier alpha value is -0.830. The summed E-state index contributed by atoms with van der Waals surface area (Å²) in [6, 6.07) is -0.917. The standard InChI is InChI=1S/C9H14F3NO4S/c1-17-4-3-13(8(14)9(10,11)12)7-2-5-18(15,16)6-7/h7H,2-6H2,1H3. The van der Waals surface area contributed by atoms with E-state index in [-0.39, 0.29) is 25.3 Å². The number of sulfone groups is 1. The molecule has 9 heteroatoms. The van der Waals surface area contributed by atoms with E-state index in [0.717, 1.165) is 0 Å². The van der Waals surface area contributed by atoms with Crippen molar-refractivity contribution in [2.24, 2.45) is 0 Å². The topological polar surface area (TPSA) is 63.7 Å². The molecule has 1 atom stereocenters. The van der Waals surface area contributed by atoms with E-state index < -0.39 is 33.7 Å². The van der Waals surface area contributed by atoms with Gasteiger partial charge in [0.25, 0.3) is 0 Å². The van der Waals surface area contributed by atoms with Gasteiger partial charge in [0.05, 0.1) is 18.1 Å². The number of hydrogen-bond acceptors (Lipinski definition) is 4. The lowest BCUT2D eigenvalue weighted by Crippen LogP contribution is -2.49. The molecule has 0 saturated carbocycles. The van der Waals surface area contributed by atoms with Gasteiger partial charge >= 0.3 is 12.1 Å². The second-order valence-corrected chi connectivity index (χ2v) is 6.27. The number of carbonyl (C=O) groups excluding carboxylic acids is 1. The van der Waals surface area contributed by atoms with Crippen LogP contribution in [0.2, 0.25) is 0 Å². The zero-order valence-electron chi connectivity index (χ0n) is 9.74. The van der Waals surface area contributed by atoms with Crippen molar-refractivity contribution in [3.8, 4) is 0 Å². The minimum absolute atomic E-state index is 0.0356. The molecule has 0 aromatic rings. The quantitative estimate of drug-likeness (QED) is 0.742. The largest absolute Gasteiger partial charge is 0.471 e. The van der Waals surface area contributed by atoms with E-state index in [1.54, 1.807) is 0 Å². The summed E-state index contributed by atoms with van der Waals surface area (Å²) in [5.74, 6) is -2.62. The van der Waals surface area contributed by atoms with Gasteiger partial charge < -0.3 is 9.64 Å². The fourth-order valence-electron chi connectivity index (χ4n) is 1.82. The van der Waals surface area contributed by atoms with Crippen LogP contribution in [0.4, 0.5) is 13.2 Å². The predicted octanol–water partition coefficient (Wildman–Crippen LogP) is 0.211. The van der Waals surface area contributed by atoms with Gasteiger partial charge in [0.15, 0.2) is 9.84 Å². The van der Waals surface area contributed by atoms with Crippen LogP contribution in [0.3, 0.4) is 0 Å². The number of methoxy groups -OCH3 is 1. The van der Waals surface area contributed by atoms with E-state index in [2.05, 4.69) is 4.74 Å². The molecule has 0 aromatic heterocycles. The zero-order valence-corrected chi connectivity index (χ0v) is 10.6. The van der Waals surface area contributed by atoms with Crippen molar-refractivity contribution in [2.75, 3.05) is 31.8 Å². The Balaban J connectivity index is 2.82. The van der Waals surface area contributed by atoms with Gasteiger partial charge in [0.2, 0.25) is 0 Å². The molecule has 0 radical (unpaired) electrons. The third-order valence-electron chi connectivity index (χ3n) is 2.69. The summed E-state index contributed by atoms with van der Waals surface area (Å²) in [5.41, 5.74) is 0. The molecule has 0 aromatic carbocycles. The lowest BCUT2D eigenvalue weighted by molar-refractivity contribution is -0.188. The van der Waals surface area contributed by atoms with E-state index in [4.69, 9.17) is 0 Å². The van der Waals surface area contributed by atoms with Crippen LogP contribution >= 0.6 is 0 Å². The molecule has 1 unspecified atom stereocenters. The summed E-state index contributed by atoms with van der Waals surface area (Å²) in [4.78, 5) is 11.8. The highest BCUT2D eigenvalue weighted by Gasteiger charge is 2.46. The van der Waals surface area contributed by atoms with Crippen molar-refractivity contribution < 1.29 is 31.1 Å². The number of halogens is 3. The molecule has 1 aliphatic heterocycles. The van der Waals surface area contributed by atoms with Crippen molar-refractivity contribution in [3.05, 3.63) is 0 Å². The Labute approximate surface area is 103 Å². The summed E-state index contributed by atoms with van der Waals surface area (Å²) >= 11 is 0. The number of ether oxygens (including phenoxy) is 1. The molecule has 0 spiro atoms. The van der Waals surface area contributed by atoms with E-state index in [9.17, 15) is 26.4 Å². The average Bonchev–Trinajstić information content (AvgIpc) is 2.58. The third kappa shape index (κ3) is 3.84. The molecular weight excluding hydrogens is 275 g/mol. The van der Waals surface area contributed by atoms with E-state index >= 15 is 0 Å². The second kappa shape index (κ2) is 5.43. The summed E-state index contributed by atoms with van der Waals surface area (Å²) in [6.45, 7) is -0.340. The second-order valence-electron chi connectivity index (χ2n) is 4.05. The van der Waals surface area contributed by atoms with Gasteiger partial charge in [0, 0.05) is 19.7 Å². The number of amides is 1. The number of alkyl halides is 3. The first-order valence-electron chi connectivity index (χ1n) is 5.24. The molecule has 1 aliphatic rings. The van der Waals surface area contributed by atoms with Crippen LogP contribution in [-0.4, -0.2) is 63.2 Å². The summed E-state index contributed by atoms with van der Waals surface area (Å²) in [5, 5.41) is 0. The normalized spacial score (nSPS) is 23.0. The molecular formula is C9H14F3NO4S. The Bertz CT molecular complexity index is 407. The first-order chi connectivity index (χ1) is 8.17. The Morgan fingerprint density at radius 2 is 2.06 bits per heavy atom. The summed E-state index contributed by atoms with van der Waals surface area (Å²) in [7, 11) is -2.05. The minimum Gasteiger partial charge on any atom is -0.383 e. The summed E-state index contributed by atoms with van der Waals surface area (Å²) in [6.07, 6.45) is -4.96. The first kappa shape index (κ1) is 15.2. The molecule has 18 heavy (non-hydrogen) atoms. The molecule has 0 bridgehead atoms. The van der Waals surface area contributed by atoms with Crippen LogP contribution in [-0.2, 0) is 19.4 Å². The lowest BCUT2D eigenvalue weighted by atomic mass is 10.2. The third-order valence-corrected chi connectivity index (χ3v) is 4.44. The van der Waals surface area contributed by atoms with Gasteiger partial charge in [-0.1, -0.05) is 0 Å². The summed E-state index contributed by atoms with van der Waals surface area (Å²) < 4.78 is 64.3. The molecule has 1 amide bonds. The Morgan fingerprint density at radius 3 is 2.44 bits per heavy atom. The number of carbonyl (C=O) groups is 1. The van der Waals surface area contributed by atoms with Crippen LogP contribution in [0.15, 0.2) is 0 Å². The molecule has 0 aliphatic carbocycles. The van der Waals surface area contributed by atoms with Crippen LogP contribution in [0.5, 0.6) is 0 Å². The Morgan fingerprint density at radius 1 is 1.44 bits per heavy atom. The number of nitrogens with zero attached hydrogens (tertiary/aromatic N) is 1. The number of hydrogen-bond donors (Lipinski definition) is 0. The van der Waals surface area contributed by atoms with Crippen molar-refractivity contribution in [1.29, 1.82) is 0 Å². The van der Waals surface area contributed by atoms with E-state index in [0.29, 0.717) is 4.90 Å². The van der Waals surface area contributed by atoms with Gasteiger partial charge in [-0.15, -0.1) is 0 Å². The maximum atomic E-state index is 12.4. The average molecular weight is 289 g/mol. The highest BCUT2D eigenvalue weighted by molar-refractivity contribution is 7.91. The maximum Gasteiger partial charge on any atom is 0.471 e. The molecule has 106 valence electrons. The van der Waals surface area contributed by atoms with Crippen molar-refractivity contribution >= 4 is 15.7 Å². The SMILES string of the molecule is COCCN(C(=O)C(F)(F)F)C1CCS(=O)(=O)C1. The molecule has 5 nitrogen and oxygen atoms in total. The fourth-order valence-corrected chi connectivity index (χ4v) is 3.55. The smallest absolute Gasteiger partial charge is 0.383 e. The fraction of sp³-hybridized carbons (Fsp3) is 0.889. The van der Waals surface area contributed by atoms with Crippen molar-refractivity contribution in [3.63, 3.8) is 0 Å². The monoisotopic (exact) mass is 289 g/mol. The lowest BCUT2D eigenvalue weighted by Gasteiger charge is -2.28. The molecule has 0 N–H and O–H groups in total. The minimum atomic E-state index is -5.00. The van der Waals surface area contributed by atoms with E-state index in [1.165, 1.54) is 7.11 Å². The first-order valence-corrected chi connectivity index (χ1v) is 7.06. The molecule has 1 heterocycles. The van der Waals surface area contributed by atoms with Crippen LogP contribution in [0.25, 0.3) is 0 Å². The van der Waals surface area contributed by atoms with E-state index in [1.807, 2.05) is 0 Å². The molecule has 1 fully saturated rings. The van der Waals surface area contributed by atoms with Gasteiger partial charge in [-0.05, 0) is 6.42 Å². The molecule has 1 saturated heterocycles. The van der Waals surface area contributed by atoms with Crippen molar-refractivity contribution in [2.45, 2.75) is 18.6 Å². The number of rotatable bonds is 4. The van der Waals surface area contributed by atoms with Gasteiger partial charge in [0.1, 0.15) is 0 Å². The highest BCUT2D eigenvalue weighted by atomic mass is 32.2. The van der Waals surface area contributed by atoms with Gasteiger partial charge in [-0.2, -0.15) is 13.2 Å². The highest BCUT2D eigenvalue weighted by Crippen LogP contribution is 2.24. The van der Waals surface area contributed by atoms with Gasteiger partial charge in [-0.3, -0.25) is 4.79 Å². The molecule has 1 rings (SSSR count). The van der Waals surface area contributed by atoms with Gasteiger partial charge in [-0.25, -0.2) is 8.42 Å².